The van der Waals surface area contributed by atoms with Crippen LogP contribution in [0.4, 0.5) is 27.6 Å². The van der Waals surface area contributed by atoms with E-state index in [1.165, 1.54) is 32.2 Å². The third-order valence-electron chi connectivity index (χ3n) is 5.14. The van der Waals surface area contributed by atoms with Crippen LogP contribution in [0.1, 0.15) is 30.7 Å². The molecule has 1 heterocycles. The molecule has 2 aromatic carbocycles. The summed E-state index contributed by atoms with van der Waals surface area (Å²) < 4.78 is 75.0. The number of aliphatic imine (C=N–C) groups is 1. The number of fused-ring (bicyclic) bond motifs is 1. The van der Waals surface area contributed by atoms with Gasteiger partial charge in [-0.15, -0.1) is 0 Å². The molecule has 176 valence electrons. The van der Waals surface area contributed by atoms with E-state index in [9.17, 15) is 27.1 Å². The number of aryl methyl sites for hydroxylation is 1. The van der Waals surface area contributed by atoms with E-state index in [1.807, 2.05) is 0 Å². The molecular formula is C22H19ClF5N3O2. The van der Waals surface area contributed by atoms with Crippen LogP contribution in [0, 0.1) is 18.6 Å². The van der Waals surface area contributed by atoms with Gasteiger partial charge in [-0.2, -0.15) is 13.2 Å². The van der Waals surface area contributed by atoms with Crippen molar-refractivity contribution < 1.29 is 31.8 Å². The number of halogens is 6. The average molecular weight is 488 g/mol. The fraction of sp³-hybridized carbons (Fsp3) is 0.318. The Balaban J connectivity index is 2.02. The summed E-state index contributed by atoms with van der Waals surface area (Å²) in [5, 5.41) is 10.4. The zero-order valence-corrected chi connectivity index (χ0v) is 18.5. The maximum Gasteiger partial charge on any atom is 0.422 e. The first-order valence-electron chi connectivity index (χ1n) is 9.66. The Kier molecular flexibility index (Phi) is 6.90. The molecule has 5 nitrogen and oxygen atoms in total. The Morgan fingerprint density at radius 2 is 1.91 bits per heavy atom. The normalized spacial score (nSPS) is 15.1. The smallest absolute Gasteiger partial charge is 0.422 e. The highest BCUT2D eigenvalue weighted by atomic mass is 35.5. The van der Waals surface area contributed by atoms with Gasteiger partial charge in [0.15, 0.2) is 17.2 Å². The Morgan fingerprint density at radius 3 is 2.55 bits per heavy atom. The van der Waals surface area contributed by atoms with Gasteiger partial charge >= 0.3 is 6.18 Å². The van der Waals surface area contributed by atoms with E-state index >= 15 is 0 Å². The average Bonchev–Trinajstić information content (AvgIpc) is 2.74. The Bertz CT molecular complexity index is 1220. The monoisotopic (exact) mass is 487 g/mol. The number of hydrogen-bond donors (Lipinski definition) is 1. The van der Waals surface area contributed by atoms with Gasteiger partial charge in [-0.25, -0.2) is 18.7 Å². The zero-order valence-electron chi connectivity index (χ0n) is 17.7. The summed E-state index contributed by atoms with van der Waals surface area (Å²) in [6, 6.07) is 4.69. The van der Waals surface area contributed by atoms with Crippen molar-refractivity contribution in [3.63, 3.8) is 0 Å². The van der Waals surface area contributed by atoms with Crippen LogP contribution in [0.15, 0.2) is 35.5 Å². The first kappa shape index (κ1) is 24.8. The molecule has 0 radical (unpaired) electrons. The minimum atomic E-state index is -5.12. The van der Waals surface area contributed by atoms with Gasteiger partial charge in [0.2, 0.25) is 0 Å². The molecular weight excluding hydrogens is 469 g/mol. The van der Waals surface area contributed by atoms with E-state index in [2.05, 4.69) is 15.0 Å². The number of aliphatic hydroxyl groups is 1. The van der Waals surface area contributed by atoms with E-state index in [0.717, 1.165) is 19.2 Å². The maximum absolute atomic E-state index is 14.3. The third-order valence-corrected chi connectivity index (χ3v) is 5.43. The van der Waals surface area contributed by atoms with E-state index in [4.69, 9.17) is 16.3 Å². The highest BCUT2D eigenvalue weighted by Gasteiger charge is 2.53. The van der Waals surface area contributed by atoms with Gasteiger partial charge in [0.25, 0.3) is 0 Å². The molecule has 1 N–H and O–H groups in total. The molecule has 0 aliphatic heterocycles. The van der Waals surface area contributed by atoms with Crippen molar-refractivity contribution >= 4 is 34.4 Å². The van der Waals surface area contributed by atoms with Crippen molar-refractivity contribution in [1.82, 2.24) is 9.97 Å². The number of methoxy groups -OCH3 is 1. The molecule has 0 aliphatic carbocycles. The molecule has 3 aromatic rings. The van der Waals surface area contributed by atoms with Crippen molar-refractivity contribution in [2.75, 3.05) is 7.11 Å². The lowest BCUT2D eigenvalue weighted by Gasteiger charge is -2.30. The fourth-order valence-corrected chi connectivity index (χ4v) is 3.56. The summed E-state index contributed by atoms with van der Waals surface area (Å²) >= 11 is 5.72. The van der Waals surface area contributed by atoms with E-state index < -0.39 is 35.8 Å². The summed E-state index contributed by atoms with van der Waals surface area (Å²) in [6.45, 7) is 2.91. The molecule has 11 heteroatoms. The first-order valence-corrected chi connectivity index (χ1v) is 10.0. The molecule has 0 bridgehead atoms. The van der Waals surface area contributed by atoms with Crippen molar-refractivity contribution in [3.05, 3.63) is 58.5 Å². The lowest BCUT2D eigenvalue weighted by atomic mass is 9.86. The molecule has 2 atom stereocenters. The van der Waals surface area contributed by atoms with Crippen LogP contribution >= 0.6 is 11.6 Å². The van der Waals surface area contributed by atoms with Crippen LogP contribution < -0.4 is 4.74 Å². The van der Waals surface area contributed by atoms with Gasteiger partial charge in [0.1, 0.15) is 17.2 Å². The van der Waals surface area contributed by atoms with Gasteiger partial charge in [0, 0.05) is 23.4 Å². The molecule has 33 heavy (non-hydrogen) atoms. The maximum atomic E-state index is 14.3. The first-order chi connectivity index (χ1) is 15.4. The van der Waals surface area contributed by atoms with E-state index in [0.29, 0.717) is 6.21 Å². The summed E-state index contributed by atoms with van der Waals surface area (Å²) in [4.78, 5) is 11.7. The molecule has 0 spiro atoms. The molecule has 3 rings (SSSR count). The van der Waals surface area contributed by atoms with Gasteiger partial charge < -0.3 is 9.84 Å². The van der Waals surface area contributed by atoms with Crippen LogP contribution in [0.2, 0.25) is 5.02 Å². The second kappa shape index (κ2) is 9.18. The van der Waals surface area contributed by atoms with Crippen LogP contribution in [-0.2, 0) is 0 Å². The van der Waals surface area contributed by atoms with Crippen molar-refractivity contribution in [3.8, 4) is 5.75 Å². The summed E-state index contributed by atoms with van der Waals surface area (Å²) in [7, 11) is 1.16. The molecule has 1 aromatic heterocycles. The predicted octanol–water partition coefficient (Wildman–Crippen LogP) is 6.07. The number of hydrogen-bond acceptors (Lipinski definition) is 5. The Labute approximate surface area is 190 Å². The van der Waals surface area contributed by atoms with Crippen LogP contribution in [0.3, 0.4) is 0 Å². The second-order valence-electron chi connectivity index (χ2n) is 7.52. The number of ether oxygens (including phenoxy) is 1. The second-order valence-corrected chi connectivity index (χ2v) is 7.92. The van der Waals surface area contributed by atoms with Gasteiger partial charge in [-0.3, -0.25) is 4.99 Å². The molecule has 0 saturated heterocycles. The standard InChI is InChI=1S/C22H19ClF5N3O2/c1-11(13-4-5-15(23)18(25)20(13)33-3)8-21(32,22(26,27)28)10-30-17-7-6-16(24)19-14(17)9-29-12(2)31-19/h4-7,9-11,32H,8H2,1-3H3. The fourth-order valence-electron chi connectivity index (χ4n) is 3.41. The molecule has 2 unspecified atom stereocenters. The van der Waals surface area contributed by atoms with E-state index in [1.54, 1.807) is 0 Å². The number of rotatable bonds is 6. The topological polar surface area (TPSA) is 67.6 Å². The van der Waals surface area contributed by atoms with Crippen molar-refractivity contribution in [2.45, 2.75) is 38.0 Å². The molecule has 0 aliphatic rings. The summed E-state index contributed by atoms with van der Waals surface area (Å²) in [5.74, 6) is -2.66. The minimum Gasteiger partial charge on any atom is -0.493 e. The SMILES string of the molecule is COc1c(C(C)CC(O)(C=Nc2ccc(F)c3nc(C)ncc23)C(F)(F)F)ccc(Cl)c1F. The summed E-state index contributed by atoms with van der Waals surface area (Å²) in [6.07, 6.45) is -4.43. The largest absolute Gasteiger partial charge is 0.493 e. The zero-order chi connectivity index (χ0) is 24.6. The number of nitrogens with zero attached hydrogens (tertiary/aromatic N) is 3. The van der Waals surface area contributed by atoms with Gasteiger partial charge in [-0.1, -0.05) is 24.6 Å². The minimum absolute atomic E-state index is 0.0585. The molecule has 0 fully saturated rings. The highest BCUT2D eigenvalue weighted by molar-refractivity contribution is 6.30. The third kappa shape index (κ3) is 4.91. The lowest BCUT2D eigenvalue weighted by molar-refractivity contribution is -0.231. The van der Waals surface area contributed by atoms with Crippen molar-refractivity contribution in [2.24, 2.45) is 4.99 Å². The van der Waals surface area contributed by atoms with Crippen LogP contribution in [0.5, 0.6) is 5.75 Å². The molecule has 0 saturated carbocycles. The van der Waals surface area contributed by atoms with Crippen LogP contribution in [0.25, 0.3) is 10.9 Å². The van der Waals surface area contributed by atoms with Gasteiger partial charge in [0.05, 0.1) is 17.8 Å². The predicted molar refractivity (Wildman–Crippen MR) is 114 cm³/mol. The van der Waals surface area contributed by atoms with Gasteiger partial charge in [-0.05, 0) is 37.5 Å². The highest BCUT2D eigenvalue weighted by Crippen LogP contribution is 2.41. The summed E-state index contributed by atoms with van der Waals surface area (Å²) in [5.41, 5.74) is -3.47. The Hall–Kier alpha value is -2.85. The van der Waals surface area contributed by atoms with Crippen LogP contribution in [-0.4, -0.2) is 40.2 Å². The number of alkyl halides is 3. The Morgan fingerprint density at radius 1 is 1.21 bits per heavy atom. The number of benzene rings is 2. The molecule has 0 amide bonds. The quantitative estimate of drug-likeness (QED) is 0.338. The number of aromatic nitrogens is 2. The van der Waals surface area contributed by atoms with Crippen molar-refractivity contribution in [1.29, 1.82) is 0 Å². The van der Waals surface area contributed by atoms with E-state index in [-0.39, 0.29) is 38.8 Å². The lowest BCUT2D eigenvalue weighted by Crippen LogP contribution is -2.47.